The van der Waals surface area contributed by atoms with Crippen molar-refractivity contribution < 1.29 is 0 Å². The summed E-state index contributed by atoms with van der Waals surface area (Å²) in [6.45, 7) is 8.87. The average molecular weight is 244 g/mol. The van der Waals surface area contributed by atoms with E-state index in [2.05, 4.69) is 56.2 Å². The summed E-state index contributed by atoms with van der Waals surface area (Å²) >= 11 is 0. The lowest BCUT2D eigenvalue weighted by molar-refractivity contribution is 0.711. The van der Waals surface area contributed by atoms with Gasteiger partial charge in [0.1, 0.15) is 5.69 Å². The Kier molecular flexibility index (Phi) is 3.48. The summed E-state index contributed by atoms with van der Waals surface area (Å²) in [7, 11) is 0. The second kappa shape index (κ2) is 4.90. The van der Waals surface area contributed by atoms with Gasteiger partial charge in [0.2, 0.25) is 0 Å². The highest BCUT2D eigenvalue weighted by atomic mass is 15.4. The number of rotatable bonds is 3. The summed E-state index contributed by atoms with van der Waals surface area (Å²) in [5.41, 5.74) is 11.2. The van der Waals surface area contributed by atoms with Gasteiger partial charge < -0.3 is 5.73 Å². The molecule has 4 heteroatoms. The Morgan fingerprint density at radius 3 is 2.61 bits per heavy atom. The molecule has 0 unspecified atom stereocenters. The molecule has 0 aliphatic heterocycles. The molecule has 0 bridgehead atoms. The SMILES string of the molecule is Cc1ccc(C)c(-n2nnc(CN)c2C(C)C)c1. The fraction of sp³-hybridized carbons (Fsp3) is 0.429. The quantitative estimate of drug-likeness (QED) is 0.902. The first-order valence-corrected chi connectivity index (χ1v) is 6.26. The van der Waals surface area contributed by atoms with Gasteiger partial charge in [0, 0.05) is 6.54 Å². The molecule has 0 saturated carbocycles. The molecule has 0 saturated heterocycles. The summed E-state index contributed by atoms with van der Waals surface area (Å²) < 4.78 is 1.93. The number of hydrogen-bond donors (Lipinski definition) is 1. The van der Waals surface area contributed by atoms with Gasteiger partial charge in [-0.15, -0.1) is 5.10 Å². The average Bonchev–Trinajstić information content (AvgIpc) is 2.75. The summed E-state index contributed by atoms with van der Waals surface area (Å²) in [6.07, 6.45) is 0. The highest BCUT2D eigenvalue weighted by molar-refractivity contribution is 5.44. The van der Waals surface area contributed by atoms with E-state index in [1.54, 1.807) is 0 Å². The molecule has 0 aliphatic carbocycles. The van der Waals surface area contributed by atoms with Gasteiger partial charge in [-0.05, 0) is 37.0 Å². The van der Waals surface area contributed by atoms with Crippen LogP contribution in [-0.2, 0) is 6.54 Å². The molecule has 18 heavy (non-hydrogen) atoms. The maximum atomic E-state index is 5.73. The van der Waals surface area contributed by atoms with Crippen LogP contribution >= 0.6 is 0 Å². The monoisotopic (exact) mass is 244 g/mol. The Hall–Kier alpha value is -1.68. The van der Waals surface area contributed by atoms with Gasteiger partial charge in [0.25, 0.3) is 0 Å². The highest BCUT2D eigenvalue weighted by Gasteiger charge is 2.17. The first-order valence-electron chi connectivity index (χ1n) is 6.26. The molecule has 2 N–H and O–H groups in total. The number of aromatic nitrogens is 3. The molecule has 0 atom stereocenters. The van der Waals surface area contributed by atoms with E-state index in [-0.39, 0.29) is 0 Å². The van der Waals surface area contributed by atoms with Crippen molar-refractivity contribution in [1.29, 1.82) is 0 Å². The molecular weight excluding hydrogens is 224 g/mol. The van der Waals surface area contributed by atoms with Gasteiger partial charge in [-0.1, -0.05) is 31.2 Å². The minimum atomic E-state index is 0.346. The molecule has 2 aromatic rings. The molecule has 1 aromatic carbocycles. The van der Waals surface area contributed by atoms with Crippen LogP contribution in [-0.4, -0.2) is 15.0 Å². The molecule has 1 heterocycles. The van der Waals surface area contributed by atoms with Crippen molar-refractivity contribution in [3.8, 4) is 5.69 Å². The Balaban J connectivity index is 2.63. The van der Waals surface area contributed by atoms with Crippen molar-refractivity contribution in [2.24, 2.45) is 5.73 Å². The van der Waals surface area contributed by atoms with Crippen LogP contribution in [0.1, 0.15) is 42.3 Å². The van der Waals surface area contributed by atoms with Gasteiger partial charge in [-0.3, -0.25) is 0 Å². The van der Waals surface area contributed by atoms with E-state index < -0.39 is 0 Å². The molecule has 1 aromatic heterocycles. The third-order valence-corrected chi connectivity index (χ3v) is 3.11. The largest absolute Gasteiger partial charge is 0.325 e. The van der Waals surface area contributed by atoms with Crippen LogP contribution in [0.5, 0.6) is 0 Å². The van der Waals surface area contributed by atoms with Crippen LogP contribution in [0.25, 0.3) is 5.69 Å². The number of aryl methyl sites for hydroxylation is 2. The van der Waals surface area contributed by atoms with E-state index >= 15 is 0 Å². The normalized spacial score (nSPS) is 11.2. The topological polar surface area (TPSA) is 56.7 Å². The van der Waals surface area contributed by atoms with Crippen molar-refractivity contribution in [1.82, 2.24) is 15.0 Å². The molecule has 4 nitrogen and oxygen atoms in total. The lowest BCUT2D eigenvalue weighted by Crippen LogP contribution is -2.09. The first-order chi connectivity index (χ1) is 8.54. The van der Waals surface area contributed by atoms with E-state index in [9.17, 15) is 0 Å². The van der Waals surface area contributed by atoms with Crippen LogP contribution in [0.4, 0.5) is 0 Å². The van der Waals surface area contributed by atoms with Crippen molar-refractivity contribution in [3.05, 3.63) is 40.7 Å². The molecule has 0 fully saturated rings. The van der Waals surface area contributed by atoms with E-state index in [1.807, 2.05) is 4.68 Å². The van der Waals surface area contributed by atoms with Gasteiger partial charge >= 0.3 is 0 Å². The minimum Gasteiger partial charge on any atom is -0.325 e. The molecule has 0 radical (unpaired) electrons. The van der Waals surface area contributed by atoms with Crippen molar-refractivity contribution >= 4 is 0 Å². The van der Waals surface area contributed by atoms with Gasteiger partial charge in [0.05, 0.1) is 11.4 Å². The Morgan fingerprint density at radius 1 is 1.28 bits per heavy atom. The first kappa shape index (κ1) is 12.8. The third-order valence-electron chi connectivity index (χ3n) is 3.11. The second-order valence-electron chi connectivity index (χ2n) is 4.98. The van der Waals surface area contributed by atoms with Crippen LogP contribution in [0.2, 0.25) is 0 Å². The zero-order valence-corrected chi connectivity index (χ0v) is 11.4. The molecule has 96 valence electrons. The predicted octanol–water partition coefficient (Wildman–Crippen LogP) is 2.47. The number of benzene rings is 1. The lowest BCUT2D eigenvalue weighted by atomic mass is 10.1. The minimum absolute atomic E-state index is 0.346. The molecule has 0 amide bonds. The zero-order valence-electron chi connectivity index (χ0n) is 11.4. The van der Waals surface area contributed by atoms with Crippen LogP contribution < -0.4 is 5.73 Å². The molecule has 0 spiro atoms. The maximum absolute atomic E-state index is 5.73. The van der Waals surface area contributed by atoms with Crippen molar-refractivity contribution in [2.45, 2.75) is 40.2 Å². The van der Waals surface area contributed by atoms with Crippen LogP contribution in [0.3, 0.4) is 0 Å². The number of nitrogens with zero attached hydrogens (tertiary/aromatic N) is 3. The van der Waals surface area contributed by atoms with Gasteiger partial charge in [-0.25, -0.2) is 4.68 Å². The summed E-state index contributed by atoms with van der Waals surface area (Å²) in [5.74, 6) is 0.346. The van der Waals surface area contributed by atoms with Crippen LogP contribution in [0.15, 0.2) is 18.2 Å². The predicted molar refractivity (Wildman–Crippen MR) is 72.8 cm³/mol. The van der Waals surface area contributed by atoms with Gasteiger partial charge in [0.15, 0.2) is 0 Å². The summed E-state index contributed by atoms with van der Waals surface area (Å²) in [6, 6.07) is 6.35. The molecular formula is C14H20N4. The van der Waals surface area contributed by atoms with E-state index in [4.69, 9.17) is 5.73 Å². The third kappa shape index (κ3) is 2.16. The highest BCUT2D eigenvalue weighted by Crippen LogP contribution is 2.23. The van der Waals surface area contributed by atoms with Gasteiger partial charge in [-0.2, -0.15) is 0 Å². The number of hydrogen-bond acceptors (Lipinski definition) is 3. The van der Waals surface area contributed by atoms with E-state index in [1.165, 1.54) is 11.1 Å². The second-order valence-corrected chi connectivity index (χ2v) is 4.98. The van der Waals surface area contributed by atoms with Crippen LogP contribution in [0, 0.1) is 13.8 Å². The summed E-state index contributed by atoms with van der Waals surface area (Å²) in [4.78, 5) is 0. The Morgan fingerprint density at radius 2 is 2.00 bits per heavy atom. The molecule has 0 aliphatic rings. The fourth-order valence-electron chi connectivity index (χ4n) is 2.17. The maximum Gasteiger partial charge on any atom is 0.100 e. The van der Waals surface area contributed by atoms with E-state index in [0.717, 1.165) is 17.1 Å². The fourth-order valence-corrected chi connectivity index (χ4v) is 2.17. The number of nitrogens with two attached hydrogens (primary N) is 1. The lowest BCUT2D eigenvalue weighted by Gasteiger charge is -2.13. The van der Waals surface area contributed by atoms with E-state index in [0.29, 0.717) is 12.5 Å². The van der Waals surface area contributed by atoms with Crippen molar-refractivity contribution in [2.75, 3.05) is 0 Å². The smallest absolute Gasteiger partial charge is 0.100 e. The summed E-state index contributed by atoms with van der Waals surface area (Å²) in [5, 5.41) is 8.46. The zero-order chi connectivity index (χ0) is 13.3. The Labute approximate surface area is 108 Å². The Bertz CT molecular complexity index is 555. The molecule has 2 rings (SSSR count). The standard InChI is InChI=1S/C14H20N4/c1-9(2)14-12(8-15)16-17-18(14)13-7-10(3)5-6-11(13)4/h5-7,9H,8,15H2,1-4H3. The van der Waals surface area contributed by atoms with Crippen molar-refractivity contribution in [3.63, 3.8) is 0 Å².